The van der Waals surface area contributed by atoms with Gasteiger partial charge in [-0.25, -0.2) is 4.98 Å². The summed E-state index contributed by atoms with van der Waals surface area (Å²) in [5.41, 5.74) is 4.57. The van der Waals surface area contributed by atoms with Crippen LogP contribution in [0, 0.1) is 6.92 Å². The Labute approximate surface area is 86.4 Å². The second kappa shape index (κ2) is 3.91. The lowest BCUT2D eigenvalue weighted by molar-refractivity contribution is 1.34. The molecule has 0 aliphatic carbocycles. The van der Waals surface area contributed by atoms with Crippen molar-refractivity contribution in [1.82, 2.24) is 4.98 Å². The Hall–Kier alpha value is -0.840. The first-order chi connectivity index (χ1) is 5.79. The molecule has 5 heteroatoms. The number of hydrogen-bond acceptors (Lipinski definition) is 4. The van der Waals surface area contributed by atoms with Crippen LogP contribution >= 0.6 is 23.7 Å². The number of halogens is 1. The first-order valence-electron chi connectivity index (χ1n) is 3.63. The lowest BCUT2D eigenvalue weighted by Gasteiger charge is -1.96. The number of nitrogen functional groups attached to an aromatic ring is 1. The molecule has 0 radical (unpaired) electrons. The molecule has 3 N–H and O–H groups in total. The van der Waals surface area contributed by atoms with Crippen molar-refractivity contribution in [2.75, 3.05) is 5.43 Å². The molecule has 0 bridgehead atoms. The van der Waals surface area contributed by atoms with Crippen LogP contribution in [0.1, 0.15) is 5.01 Å². The monoisotopic (exact) mass is 215 g/mol. The summed E-state index contributed by atoms with van der Waals surface area (Å²) in [5, 5.41) is 1.08. The van der Waals surface area contributed by atoms with Gasteiger partial charge in [-0.2, -0.15) is 0 Å². The van der Waals surface area contributed by atoms with Gasteiger partial charge in [-0.05, 0) is 25.1 Å². The minimum absolute atomic E-state index is 0. The molecule has 1 aromatic heterocycles. The van der Waals surface area contributed by atoms with Crippen molar-refractivity contribution in [1.29, 1.82) is 0 Å². The van der Waals surface area contributed by atoms with Crippen LogP contribution in [0.15, 0.2) is 18.2 Å². The molecule has 1 heterocycles. The molecule has 0 unspecified atom stereocenters. The number of aryl methyl sites for hydroxylation is 1. The van der Waals surface area contributed by atoms with E-state index in [1.54, 1.807) is 11.3 Å². The van der Waals surface area contributed by atoms with Crippen LogP contribution in [0.3, 0.4) is 0 Å². The van der Waals surface area contributed by atoms with Gasteiger partial charge in [0.2, 0.25) is 0 Å². The summed E-state index contributed by atoms with van der Waals surface area (Å²) < 4.78 is 1.17. The van der Waals surface area contributed by atoms with Crippen LogP contribution in [0.5, 0.6) is 0 Å². The molecule has 0 aliphatic rings. The number of nitrogens with one attached hydrogen (secondary N) is 1. The Bertz CT molecular complexity index is 413. The van der Waals surface area contributed by atoms with Crippen LogP contribution in [-0.4, -0.2) is 4.98 Å². The molecule has 70 valence electrons. The number of hydrazine groups is 1. The Kier molecular flexibility index (Phi) is 3.08. The summed E-state index contributed by atoms with van der Waals surface area (Å²) in [5.74, 6) is 5.28. The van der Waals surface area contributed by atoms with Crippen LogP contribution in [0.25, 0.3) is 10.2 Å². The molecule has 0 amide bonds. The third kappa shape index (κ3) is 1.91. The zero-order valence-corrected chi connectivity index (χ0v) is 8.71. The number of benzene rings is 1. The van der Waals surface area contributed by atoms with Crippen molar-refractivity contribution < 1.29 is 0 Å². The molecule has 2 rings (SSSR count). The zero-order chi connectivity index (χ0) is 8.55. The minimum Gasteiger partial charge on any atom is -0.324 e. The maximum absolute atomic E-state index is 5.28. The van der Waals surface area contributed by atoms with E-state index in [0.29, 0.717) is 0 Å². The first kappa shape index (κ1) is 10.2. The molecule has 0 saturated carbocycles. The van der Waals surface area contributed by atoms with E-state index in [0.717, 1.165) is 16.2 Å². The number of aromatic nitrogens is 1. The topological polar surface area (TPSA) is 50.9 Å². The van der Waals surface area contributed by atoms with Crippen LogP contribution in [-0.2, 0) is 0 Å². The molecule has 0 atom stereocenters. The smallest absolute Gasteiger partial charge is 0.0907 e. The van der Waals surface area contributed by atoms with Crippen molar-refractivity contribution >= 4 is 39.6 Å². The van der Waals surface area contributed by atoms with Gasteiger partial charge < -0.3 is 5.43 Å². The largest absolute Gasteiger partial charge is 0.324 e. The molecule has 1 aromatic carbocycles. The van der Waals surface area contributed by atoms with E-state index < -0.39 is 0 Å². The predicted octanol–water partition coefficient (Wildman–Crippen LogP) is 2.31. The maximum atomic E-state index is 5.28. The van der Waals surface area contributed by atoms with E-state index in [1.807, 2.05) is 25.1 Å². The van der Waals surface area contributed by atoms with Crippen molar-refractivity contribution in [3.63, 3.8) is 0 Å². The van der Waals surface area contributed by atoms with Crippen LogP contribution in [0.4, 0.5) is 5.69 Å². The molecule has 3 nitrogen and oxygen atoms in total. The SMILES string of the molecule is Cc1nc2ccc(NN)cc2s1.Cl. The van der Waals surface area contributed by atoms with Crippen molar-refractivity contribution in [2.45, 2.75) is 6.92 Å². The van der Waals surface area contributed by atoms with E-state index in [-0.39, 0.29) is 12.4 Å². The fourth-order valence-corrected chi connectivity index (χ4v) is 2.00. The van der Waals surface area contributed by atoms with Gasteiger partial charge in [0, 0.05) is 0 Å². The Morgan fingerprint density at radius 2 is 2.23 bits per heavy atom. The highest BCUT2D eigenvalue weighted by Crippen LogP contribution is 2.23. The number of thiazole rings is 1. The van der Waals surface area contributed by atoms with E-state index >= 15 is 0 Å². The summed E-state index contributed by atoms with van der Waals surface area (Å²) in [6, 6.07) is 5.88. The molecule has 2 aromatic rings. The van der Waals surface area contributed by atoms with Crippen LogP contribution in [0.2, 0.25) is 0 Å². The van der Waals surface area contributed by atoms with Crippen LogP contribution < -0.4 is 11.3 Å². The second-order valence-electron chi connectivity index (χ2n) is 2.56. The van der Waals surface area contributed by atoms with Crippen molar-refractivity contribution in [2.24, 2.45) is 5.84 Å². The number of fused-ring (bicyclic) bond motifs is 1. The van der Waals surface area contributed by atoms with E-state index in [2.05, 4.69) is 10.4 Å². The number of nitrogens with two attached hydrogens (primary N) is 1. The van der Waals surface area contributed by atoms with Gasteiger partial charge in [-0.3, -0.25) is 5.84 Å². The number of hydrogen-bond donors (Lipinski definition) is 2. The van der Waals surface area contributed by atoms with Gasteiger partial charge >= 0.3 is 0 Å². The van der Waals surface area contributed by atoms with E-state index in [9.17, 15) is 0 Å². The molecular weight excluding hydrogens is 206 g/mol. The van der Waals surface area contributed by atoms with E-state index in [1.165, 1.54) is 4.70 Å². The van der Waals surface area contributed by atoms with Gasteiger partial charge in [0.25, 0.3) is 0 Å². The zero-order valence-electron chi connectivity index (χ0n) is 7.07. The van der Waals surface area contributed by atoms with Gasteiger partial charge in [0.1, 0.15) is 0 Å². The third-order valence-corrected chi connectivity index (χ3v) is 2.60. The molecule has 0 fully saturated rings. The Balaban J connectivity index is 0.000000845. The van der Waals surface area contributed by atoms with Gasteiger partial charge in [-0.15, -0.1) is 23.7 Å². The van der Waals surface area contributed by atoms with Crippen molar-refractivity contribution in [3.05, 3.63) is 23.2 Å². The first-order valence-corrected chi connectivity index (χ1v) is 4.45. The number of anilines is 1. The molecular formula is C8H10ClN3S. The highest BCUT2D eigenvalue weighted by Gasteiger charge is 1.99. The summed E-state index contributed by atoms with van der Waals surface area (Å²) in [6.07, 6.45) is 0. The lowest BCUT2D eigenvalue weighted by atomic mass is 10.3. The number of nitrogens with zero attached hydrogens (tertiary/aromatic N) is 1. The normalized spacial score (nSPS) is 9.69. The lowest BCUT2D eigenvalue weighted by Crippen LogP contribution is -2.05. The van der Waals surface area contributed by atoms with Gasteiger partial charge in [-0.1, -0.05) is 0 Å². The molecule has 0 aliphatic heterocycles. The molecule has 0 saturated heterocycles. The minimum atomic E-state index is 0. The van der Waals surface area contributed by atoms with E-state index in [4.69, 9.17) is 5.84 Å². The third-order valence-electron chi connectivity index (χ3n) is 1.66. The standard InChI is InChI=1S/C8H9N3S.ClH/c1-5-10-7-3-2-6(11-9)4-8(7)12-5;/h2-4,11H,9H2,1H3;1H. The fourth-order valence-electron chi connectivity index (χ4n) is 1.13. The predicted molar refractivity (Wildman–Crippen MR) is 59.4 cm³/mol. The second-order valence-corrected chi connectivity index (χ2v) is 3.79. The fraction of sp³-hybridized carbons (Fsp3) is 0.125. The maximum Gasteiger partial charge on any atom is 0.0907 e. The average Bonchev–Trinajstić information content (AvgIpc) is 2.43. The summed E-state index contributed by atoms with van der Waals surface area (Å²) in [4.78, 5) is 4.34. The highest BCUT2D eigenvalue weighted by atomic mass is 35.5. The summed E-state index contributed by atoms with van der Waals surface area (Å²) in [6.45, 7) is 2.00. The average molecular weight is 216 g/mol. The van der Waals surface area contributed by atoms with Crippen molar-refractivity contribution in [3.8, 4) is 0 Å². The van der Waals surface area contributed by atoms with Gasteiger partial charge in [0.15, 0.2) is 0 Å². The van der Waals surface area contributed by atoms with Gasteiger partial charge in [0.05, 0.1) is 20.9 Å². The quantitative estimate of drug-likeness (QED) is 0.567. The Morgan fingerprint density at radius 3 is 2.92 bits per heavy atom. The summed E-state index contributed by atoms with van der Waals surface area (Å²) >= 11 is 1.67. The molecule has 0 spiro atoms. The number of rotatable bonds is 1. The molecule has 13 heavy (non-hydrogen) atoms. The highest BCUT2D eigenvalue weighted by molar-refractivity contribution is 7.18. The summed E-state index contributed by atoms with van der Waals surface area (Å²) in [7, 11) is 0. The Morgan fingerprint density at radius 1 is 1.46 bits per heavy atom.